The minimum atomic E-state index is -4.83. The first-order chi connectivity index (χ1) is 18.3. The zero-order chi connectivity index (χ0) is 30.1. The fourth-order valence-electron chi connectivity index (χ4n) is 3.15. The summed E-state index contributed by atoms with van der Waals surface area (Å²) < 4.78 is 79.7. The molecule has 3 rings (SSSR count). The van der Waals surface area contributed by atoms with Crippen LogP contribution in [0.3, 0.4) is 0 Å². The van der Waals surface area contributed by atoms with E-state index in [1.165, 1.54) is 44.6 Å². The lowest BCUT2D eigenvalue weighted by atomic mass is 10.0. The number of aryl methyl sites for hydroxylation is 1. The predicted octanol–water partition coefficient (Wildman–Crippen LogP) is 7.84. The van der Waals surface area contributed by atoms with E-state index in [0.29, 0.717) is 25.3 Å². The van der Waals surface area contributed by atoms with E-state index in [4.69, 9.17) is 4.74 Å². The fraction of sp³-hybridized carbons (Fsp3) is 0.536. The molecule has 1 saturated heterocycles. The maximum absolute atomic E-state index is 12.5. The van der Waals surface area contributed by atoms with Crippen LogP contribution >= 0.6 is 11.8 Å². The summed E-state index contributed by atoms with van der Waals surface area (Å²) in [6.07, 6.45) is -4.44. The number of carbonyl (C=O) groups excluding carboxylic acids is 1. The number of alkyl halides is 6. The molecule has 1 N–H and O–H groups in total. The molecule has 4 nitrogen and oxygen atoms in total. The Bertz CT molecular complexity index is 908. The Labute approximate surface area is 232 Å². The van der Waals surface area contributed by atoms with E-state index in [1.807, 2.05) is 37.6 Å². The molecule has 0 aliphatic carbocycles. The summed E-state index contributed by atoms with van der Waals surface area (Å²) in [7, 11) is 3.11. The second-order valence-corrected chi connectivity index (χ2v) is 9.41. The molecule has 0 bridgehead atoms. The average Bonchev–Trinajstić information content (AvgIpc) is 3.29. The molecule has 1 fully saturated rings. The first-order valence-corrected chi connectivity index (χ1v) is 14.0. The molecule has 222 valence electrons. The maximum Gasteiger partial charge on any atom is 0.416 e. The molecule has 1 atom stereocenters. The van der Waals surface area contributed by atoms with Crippen LogP contribution in [0.5, 0.6) is 0 Å². The van der Waals surface area contributed by atoms with Crippen molar-refractivity contribution in [2.45, 2.75) is 58.5 Å². The quantitative estimate of drug-likeness (QED) is 0.267. The van der Waals surface area contributed by atoms with Gasteiger partial charge in [0.05, 0.1) is 30.4 Å². The Hall–Kier alpha value is -2.24. The Morgan fingerprint density at radius 2 is 1.51 bits per heavy atom. The van der Waals surface area contributed by atoms with Crippen LogP contribution in [-0.2, 0) is 28.3 Å². The summed E-state index contributed by atoms with van der Waals surface area (Å²) in [4.78, 5) is 12.2. The molecule has 1 heterocycles. The highest BCUT2D eigenvalue weighted by Crippen LogP contribution is 2.37. The number of thioether (sulfide) groups is 1. The van der Waals surface area contributed by atoms with E-state index in [-0.39, 0.29) is 17.5 Å². The second kappa shape index (κ2) is 18.9. The highest BCUT2D eigenvalue weighted by Gasteiger charge is 2.37. The standard InChI is InChI=1S/C11H10F6O.C11H16S.C4H8N2O.C2H6/c1-6(18-2)7-3-8(10(12,13)14)5-9(4-7)11(15,16)17;1-12-10-6-5-9-11-7-3-2-4-8-11;1-6-2-4(7)5-3-6;1-2/h3-6H,1-2H3;2-4,7-8H,5-6,9-10H2,1H3;2-3H2,1H3,(H,5,7);1-2H3. The first kappa shape index (κ1) is 36.8. The number of unbranched alkanes of at least 4 members (excludes halogenated alkanes) is 1. The number of rotatable bonds is 7. The molecule has 0 radical (unpaired) electrons. The number of carbonyl (C=O) groups is 1. The highest BCUT2D eigenvalue weighted by atomic mass is 32.2. The van der Waals surface area contributed by atoms with Gasteiger partial charge < -0.3 is 10.1 Å². The van der Waals surface area contributed by atoms with E-state index in [1.54, 1.807) is 0 Å². The predicted molar refractivity (Wildman–Crippen MR) is 147 cm³/mol. The molecule has 0 spiro atoms. The molecule has 1 aliphatic heterocycles. The second-order valence-electron chi connectivity index (χ2n) is 8.42. The van der Waals surface area contributed by atoms with Crippen molar-refractivity contribution in [3.8, 4) is 0 Å². The van der Waals surface area contributed by atoms with Crippen molar-refractivity contribution in [2.75, 3.05) is 39.4 Å². The summed E-state index contributed by atoms with van der Waals surface area (Å²) in [5, 5.41) is 2.66. The van der Waals surface area contributed by atoms with Crippen LogP contribution in [0.1, 0.15) is 62.0 Å². The van der Waals surface area contributed by atoms with Crippen molar-refractivity contribution in [3.05, 3.63) is 70.8 Å². The molecule has 2 aromatic rings. The molecule has 39 heavy (non-hydrogen) atoms. The van der Waals surface area contributed by atoms with Gasteiger partial charge in [-0.2, -0.15) is 38.1 Å². The Balaban J connectivity index is 0.000000588. The van der Waals surface area contributed by atoms with E-state index in [0.717, 1.165) is 0 Å². The largest absolute Gasteiger partial charge is 0.416 e. The van der Waals surface area contributed by atoms with Gasteiger partial charge >= 0.3 is 12.4 Å². The van der Waals surface area contributed by atoms with E-state index in [9.17, 15) is 31.1 Å². The summed E-state index contributed by atoms with van der Waals surface area (Å²) >= 11 is 1.94. The number of benzene rings is 2. The topological polar surface area (TPSA) is 41.6 Å². The molecule has 0 aromatic heterocycles. The molecule has 1 unspecified atom stereocenters. The number of hydrogen-bond acceptors (Lipinski definition) is 4. The number of nitrogens with zero attached hydrogens (tertiary/aromatic N) is 1. The van der Waals surface area contributed by atoms with Crippen molar-refractivity contribution >= 4 is 17.7 Å². The number of hydrogen-bond donors (Lipinski definition) is 1. The smallest absolute Gasteiger partial charge is 0.377 e. The lowest BCUT2D eigenvalue weighted by Gasteiger charge is -2.17. The number of methoxy groups -OCH3 is 1. The summed E-state index contributed by atoms with van der Waals surface area (Å²) in [5.74, 6) is 1.43. The zero-order valence-corrected chi connectivity index (χ0v) is 24.2. The number of likely N-dealkylation sites (N-methyl/N-ethyl adjacent to an activating group) is 1. The molecular formula is C28H40F6N2O2S. The number of nitrogens with one attached hydrogen (secondary N) is 1. The number of ether oxygens (including phenoxy) is 1. The van der Waals surface area contributed by atoms with Crippen LogP contribution in [0.15, 0.2) is 48.5 Å². The van der Waals surface area contributed by atoms with Crippen LogP contribution in [0.2, 0.25) is 0 Å². The molecule has 1 aliphatic rings. The van der Waals surface area contributed by atoms with E-state index < -0.39 is 29.6 Å². The highest BCUT2D eigenvalue weighted by molar-refractivity contribution is 7.98. The van der Waals surface area contributed by atoms with Gasteiger partial charge in [0.2, 0.25) is 5.91 Å². The summed E-state index contributed by atoms with van der Waals surface area (Å²) in [6, 6.07) is 12.1. The molecule has 11 heteroatoms. The van der Waals surface area contributed by atoms with Crippen LogP contribution in [-0.4, -0.2) is 50.2 Å². The van der Waals surface area contributed by atoms with Crippen LogP contribution < -0.4 is 5.32 Å². The van der Waals surface area contributed by atoms with Gasteiger partial charge in [-0.25, -0.2) is 0 Å². The Morgan fingerprint density at radius 3 is 1.87 bits per heavy atom. The molecule has 1 amide bonds. The van der Waals surface area contributed by atoms with Crippen LogP contribution in [0, 0.1) is 0 Å². The SMILES string of the molecule is CC.CN1CNC(=O)C1.COC(C)c1cc(C(F)(F)F)cc(C(F)(F)F)c1.CSCCCCc1ccccc1. The van der Waals surface area contributed by atoms with Crippen molar-refractivity contribution < 1.29 is 35.9 Å². The third-order valence-corrected chi connectivity index (χ3v) is 6.00. The minimum absolute atomic E-state index is 0.0892. The van der Waals surface area contributed by atoms with Gasteiger partial charge in [0.15, 0.2) is 0 Å². The number of halogens is 6. The van der Waals surface area contributed by atoms with Crippen LogP contribution in [0.4, 0.5) is 26.3 Å². The molecule has 2 aromatic carbocycles. The summed E-state index contributed by atoms with van der Waals surface area (Å²) in [6.45, 7) is 6.63. The van der Waals surface area contributed by atoms with E-state index in [2.05, 4.69) is 41.9 Å². The van der Waals surface area contributed by atoms with Gasteiger partial charge in [-0.1, -0.05) is 44.2 Å². The Morgan fingerprint density at radius 1 is 0.974 bits per heavy atom. The third kappa shape index (κ3) is 15.8. The Kier molecular flexibility index (Phi) is 17.9. The van der Waals surface area contributed by atoms with Gasteiger partial charge in [-0.3, -0.25) is 9.69 Å². The summed E-state index contributed by atoms with van der Waals surface area (Å²) in [5.41, 5.74) is -1.37. The maximum atomic E-state index is 12.5. The first-order valence-electron chi connectivity index (χ1n) is 12.6. The van der Waals surface area contributed by atoms with Gasteiger partial charge in [0, 0.05) is 7.11 Å². The van der Waals surface area contributed by atoms with Crippen molar-refractivity contribution in [1.82, 2.24) is 10.2 Å². The van der Waals surface area contributed by atoms with Crippen molar-refractivity contribution in [3.63, 3.8) is 0 Å². The molecular weight excluding hydrogens is 542 g/mol. The van der Waals surface area contributed by atoms with E-state index >= 15 is 0 Å². The molecule has 0 saturated carbocycles. The van der Waals surface area contributed by atoms with Gasteiger partial charge in [0.25, 0.3) is 0 Å². The lowest BCUT2D eigenvalue weighted by molar-refractivity contribution is -0.143. The van der Waals surface area contributed by atoms with Crippen molar-refractivity contribution in [1.29, 1.82) is 0 Å². The monoisotopic (exact) mass is 582 g/mol. The normalized spacial score (nSPS) is 14.1. The fourth-order valence-corrected chi connectivity index (χ4v) is 3.64. The van der Waals surface area contributed by atoms with Crippen molar-refractivity contribution in [2.24, 2.45) is 0 Å². The average molecular weight is 583 g/mol. The number of amides is 1. The van der Waals surface area contributed by atoms with Gasteiger partial charge in [0.1, 0.15) is 0 Å². The van der Waals surface area contributed by atoms with Gasteiger partial charge in [-0.05, 0) is 74.6 Å². The minimum Gasteiger partial charge on any atom is -0.377 e. The van der Waals surface area contributed by atoms with Gasteiger partial charge in [-0.15, -0.1) is 0 Å². The lowest BCUT2D eigenvalue weighted by Crippen LogP contribution is -2.16. The third-order valence-electron chi connectivity index (χ3n) is 5.30. The zero-order valence-electron chi connectivity index (χ0n) is 23.4. The van der Waals surface area contributed by atoms with Crippen LogP contribution in [0.25, 0.3) is 0 Å².